The fraction of sp³-hybridized carbons (Fsp3) is 0.500. The third kappa shape index (κ3) is 2.38. The molecule has 2 saturated heterocycles. The second-order valence-electron chi connectivity index (χ2n) is 6.36. The lowest BCUT2D eigenvalue weighted by Crippen LogP contribution is -2.29. The third-order valence-corrected chi connectivity index (χ3v) is 4.69. The molecule has 4 rings (SSSR count). The standard InChI is InChI=1S/C16H20N6/c1-11-3-15(20-10-19-11)21-6-13-8-22(9-14(13)7-21)16-5-17-12(2)4-18-16/h3-5,10,13-14H,6-9H2,1-2H3. The van der Waals surface area contributed by atoms with E-state index in [4.69, 9.17) is 0 Å². The first-order valence-electron chi connectivity index (χ1n) is 7.76. The minimum Gasteiger partial charge on any atom is -0.356 e. The van der Waals surface area contributed by atoms with Crippen molar-refractivity contribution in [2.75, 3.05) is 36.0 Å². The highest BCUT2D eigenvalue weighted by molar-refractivity contribution is 5.44. The predicted octanol–water partition coefficient (Wildman–Crippen LogP) is 1.46. The van der Waals surface area contributed by atoms with Gasteiger partial charge in [0.25, 0.3) is 0 Å². The quantitative estimate of drug-likeness (QED) is 0.836. The van der Waals surface area contributed by atoms with E-state index in [1.807, 2.05) is 26.2 Å². The summed E-state index contributed by atoms with van der Waals surface area (Å²) < 4.78 is 0. The third-order valence-electron chi connectivity index (χ3n) is 4.69. The molecule has 0 aromatic carbocycles. The Morgan fingerprint density at radius 3 is 2.05 bits per heavy atom. The zero-order chi connectivity index (χ0) is 15.1. The van der Waals surface area contributed by atoms with Gasteiger partial charge in [-0.3, -0.25) is 4.98 Å². The van der Waals surface area contributed by atoms with Crippen LogP contribution in [-0.4, -0.2) is 46.1 Å². The first-order valence-corrected chi connectivity index (χ1v) is 7.76. The van der Waals surface area contributed by atoms with Gasteiger partial charge in [-0.1, -0.05) is 0 Å². The van der Waals surface area contributed by atoms with E-state index in [1.165, 1.54) is 0 Å². The van der Waals surface area contributed by atoms with Gasteiger partial charge in [-0.15, -0.1) is 0 Å². The van der Waals surface area contributed by atoms with E-state index < -0.39 is 0 Å². The molecule has 6 nitrogen and oxygen atoms in total. The Labute approximate surface area is 130 Å². The van der Waals surface area contributed by atoms with Crippen molar-refractivity contribution < 1.29 is 0 Å². The molecule has 2 aliphatic rings. The second-order valence-corrected chi connectivity index (χ2v) is 6.36. The summed E-state index contributed by atoms with van der Waals surface area (Å²) in [6.07, 6.45) is 5.40. The van der Waals surface area contributed by atoms with Crippen LogP contribution in [0.15, 0.2) is 24.8 Å². The molecule has 0 spiro atoms. The van der Waals surface area contributed by atoms with Crippen LogP contribution in [0.1, 0.15) is 11.4 Å². The predicted molar refractivity (Wildman–Crippen MR) is 84.9 cm³/mol. The summed E-state index contributed by atoms with van der Waals surface area (Å²) in [6.45, 7) is 8.23. The van der Waals surface area contributed by atoms with Crippen LogP contribution in [-0.2, 0) is 0 Å². The van der Waals surface area contributed by atoms with Crippen molar-refractivity contribution in [3.63, 3.8) is 0 Å². The molecule has 0 radical (unpaired) electrons. The average molecular weight is 296 g/mol. The minimum absolute atomic E-state index is 0.679. The molecule has 2 atom stereocenters. The summed E-state index contributed by atoms with van der Waals surface area (Å²) >= 11 is 0. The van der Waals surface area contributed by atoms with Gasteiger partial charge >= 0.3 is 0 Å². The van der Waals surface area contributed by atoms with E-state index in [2.05, 4.69) is 35.8 Å². The van der Waals surface area contributed by atoms with E-state index in [0.717, 1.165) is 49.2 Å². The van der Waals surface area contributed by atoms with E-state index in [0.29, 0.717) is 11.8 Å². The highest BCUT2D eigenvalue weighted by Gasteiger charge is 2.40. The Hall–Kier alpha value is -2.24. The molecular weight excluding hydrogens is 276 g/mol. The van der Waals surface area contributed by atoms with Gasteiger partial charge in [0.05, 0.1) is 18.1 Å². The number of hydrogen-bond donors (Lipinski definition) is 0. The summed E-state index contributed by atoms with van der Waals surface area (Å²) in [4.78, 5) is 22.2. The van der Waals surface area contributed by atoms with Crippen LogP contribution in [0.25, 0.3) is 0 Å². The van der Waals surface area contributed by atoms with Crippen molar-refractivity contribution in [2.24, 2.45) is 11.8 Å². The maximum Gasteiger partial charge on any atom is 0.147 e. The molecule has 0 aliphatic carbocycles. The molecule has 2 unspecified atom stereocenters. The summed E-state index contributed by atoms with van der Waals surface area (Å²) in [7, 11) is 0. The molecule has 114 valence electrons. The van der Waals surface area contributed by atoms with Crippen LogP contribution in [0.4, 0.5) is 11.6 Å². The fourth-order valence-electron chi connectivity index (χ4n) is 3.53. The van der Waals surface area contributed by atoms with Crippen LogP contribution in [0.5, 0.6) is 0 Å². The number of aryl methyl sites for hydroxylation is 2. The second kappa shape index (κ2) is 5.19. The van der Waals surface area contributed by atoms with Gasteiger partial charge in [0.15, 0.2) is 0 Å². The van der Waals surface area contributed by atoms with Gasteiger partial charge in [-0.2, -0.15) is 0 Å². The molecule has 22 heavy (non-hydrogen) atoms. The summed E-state index contributed by atoms with van der Waals surface area (Å²) in [5.41, 5.74) is 1.99. The van der Waals surface area contributed by atoms with Gasteiger partial charge in [-0.25, -0.2) is 15.0 Å². The summed E-state index contributed by atoms with van der Waals surface area (Å²) in [5, 5.41) is 0. The van der Waals surface area contributed by atoms with Crippen molar-refractivity contribution in [2.45, 2.75) is 13.8 Å². The monoisotopic (exact) mass is 296 g/mol. The zero-order valence-electron chi connectivity index (χ0n) is 13.0. The van der Waals surface area contributed by atoms with Crippen molar-refractivity contribution >= 4 is 11.6 Å². The Morgan fingerprint density at radius 2 is 1.45 bits per heavy atom. The molecule has 2 aromatic heterocycles. The van der Waals surface area contributed by atoms with Crippen LogP contribution in [0, 0.1) is 25.7 Å². The topological polar surface area (TPSA) is 58.0 Å². The molecule has 4 heterocycles. The Balaban J connectivity index is 1.45. The van der Waals surface area contributed by atoms with Gasteiger partial charge in [-0.05, 0) is 13.8 Å². The Bertz CT molecular complexity index is 657. The lowest BCUT2D eigenvalue weighted by atomic mass is 10.0. The highest BCUT2D eigenvalue weighted by atomic mass is 15.3. The van der Waals surface area contributed by atoms with Crippen molar-refractivity contribution in [3.8, 4) is 0 Å². The molecule has 0 saturated carbocycles. The van der Waals surface area contributed by atoms with E-state index in [-0.39, 0.29) is 0 Å². The molecule has 6 heteroatoms. The average Bonchev–Trinajstić information content (AvgIpc) is 3.06. The molecule has 2 aliphatic heterocycles. The smallest absolute Gasteiger partial charge is 0.147 e. The molecule has 2 aromatic rings. The van der Waals surface area contributed by atoms with Gasteiger partial charge in [0, 0.05) is 49.8 Å². The Kier molecular flexibility index (Phi) is 3.17. The first-order chi connectivity index (χ1) is 10.7. The molecule has 0 amide bonds. The van der Waals surface area contributed by atoms with Gasteiger partial charge in [0.2, 0.25) is 0 Å². The Morgan fingerprint density at radius 1 is 0.773 bits per heavy atom. The normalized spacial score (nSPS) is 23.9. The number of fused-ring (bicyclic) bond motifs is 1. The molecule has 0 N–H and O–H groups in total. The maximum atomic E-state index is 4.51. The fourth-order valence-corrected chi connectivity index (χ4v) is 3.53. The van der Waals surface area contributed by atoms with Gasteiger partial charge in [0.1, 0.15) is 18.0 Å². The van der Waals surface area contributed by atoms with Crippen LogP contribution in [0.3, 0.4) is 0 Å². The molecule has 0 bridgehead atoms. The number of hydrogen-bond acceptors (Lipinski definition) is 6. The van der Waals surface area contributed by atoms with Crippen LogP contribution >= 0.6 is 0 Å². The maximum absolute atomic E-state index is 4.51. The summed E-state index contributed by atoms with van der Waals surface area (Å²) in [5.74, 6) is 3.42. The lowest BCUT2D eigenvalue weighted by molar-refractivity contribution is 0.533. The van der Waals surface area contributed by atoms with E-state index in [9.17, 15) is 0 Å². The van der Waals surface area contributed by atoms with Crippen molar-refractivity contribution in [1.82, 2.24) is 19.9 Å². The number of aromatic nitrogens is 4. The highest BCUT2D eigenvalue weighted by Crippen LogP contribution is 2.34. The van der Waals surface area contributed by atoms with Crippen LogP contribution < -0.4 is 9.80 Å². The van der Waals surface area contributed by atoms with E-state index >= 15 is 0 Å². The molecule has 2 fully saturated rings. The van der Waals surface area contributed by atoms with Gasteiger partial charge < -0.3 is 9.80 Å². The lowest BCUT2D eigenvalue weighted by Gasteiger charge is -2.22. The van der Waals surface area contributed by atoms with Crippen LogP contribution in [0.2, 0.25) is 0 Å². The summed E-state index contributed by atoms with van der Waals surface area (Å²) in [6, 6.07) is 2.07. The van der Waals surface area contributed by atoms with Crippen molar-refractivity contribution in [3.05, 3.63) is 36.2 Å². The SMILES string of the molecule is Cc1cnc(N2CC3CN(c4cc(C)ncn4)CC3C2)cn1. The number of nitrogens with zero attached hydrogens (tertiary/aromatic N) is 6. The van der Waals surface area contributed by atoms with E-state index in [1.54, 1.807) is 6.33 Å². The number of anilines is 2. The van der Waals surface area contributed by atoms with Crippen molar-refractivity contribution in [1.29, 1.82) is 0 Å². The zero-order valence-corrected chi connectivity index (χ0v) is 13.0. The first kappa shape index (κ1) is 13.4. The number of rotatable bonds is 2. The molecular formula is C16H20N6. The minimum atomic E-state index is 0.679. The largest absolute Gasteiger partial charge is 0.356 e.